The zero-order valence-electron chi connectivity index (χ0n) is 8.68. The van der Waals surface area contributed by atoms with Crippen LogP contribution in [0.4, 0.5) is 0 Å². The summed E-state index contributed by atoms with van der Waals surface area (Å²) in [6.07, 6.45) is 3.49. The van der Waals surface area contributed by atoms with Crippen molar-refractivity contribution in [3.05, 3.63) is 21.3 Å². The molecule has 1 aliphatic rings. The molecule has 0 spiro atoms. The van der Waals surface area contributed by atoms with Crippen LogP contribution in [0.3, 0.4) is 0 Å². The van der Waals surface area contributed by atoms with Crippen molar-refractivity contribution in [3.8, 4) is 0 Å². The van der Waals surface area contributed by atoms with Crippen LogP contribution in [-0.4, -0.2) is 11.4 Å². The van der Waals surface area contributed by atoms with E-state index in [4.69, 9.17) is 11.6 Å². The second-order valence-corrected chi connectivity index (χ2v) is 5.52. The molecule has 0 radical (unpaired) electrons. The normalized spacial score (nSPS) is 25.6. The van der Waals surface area contributed by atoms with Gasteiger partial charge in [-0.05, 0) is 18.9 Å². The van der Waals surface area contributed by atoms with Gasteiger partial charge in [-0.1, -0.05) is 18.5 Å². The van der Waals surface area contributed by atoms with Crippen LogP contribution in [0.1, 0.15) is 31.1 Å². The van der Waals surface area contributed by atoms with Crippen molar-refractivity contribution in [2.45, 2.75) is 38.1 Å². The van der Waals surface area contributed by atoms with Crippen molar-refractivity contribution < 1.29 is 4.79 Å². The summed E-state index contributed by atoms with van der Waals surface area (Å²) in [6, 6.07) is 1.99. The van der Waals surface area contributed by atoms with Gasteiger partial charge in [-0.15, -0.1) is 11.3 Å². The molecule has 0 aromatic carbocycles. The highest BCUT2D eigenvalue weighted by Gasteiger charge is 2.36. The number of thiophene rings is 1. The molecule has 1 aromatic rings. The standard InChI is InChI=1S/C11H14ClNOS/c1-2-11(4-3-10(14)13-11)6-9-5-8(12)7-15-9/h5,7H,2-4,6H2,1H3,(H,13,14). The average molecular weight is 244 g/mol. The molecule has 2 rings (SSSR count). The van der Waals surface area contributed by atoms with Crippen LogP contribution >= 0.6 is 22.9 Å². The van der Waals surface area contributed by atoms with Crippen LogP contribution in [0.25, 0.3) is 0 Å². The number of carbonyl (C=O) groups is 1. The molecule has 1 aliphatic heterocycles. The lowest BCUT2D eigenvalue weighted by Gasteiger charge is -2.27. The Hall–Kier alpha value is -0.540. The van der Waals surface area contributed by atoms with E-state index in [0.717, 1.165) is 24.3 Å². The predicted molar refractivity (Wildman–Crippen MR) is 63.4 cm³/mol. The third kappa shape index (κ3) is 2.34. The lowest BCUT2D eigenvalue weighted by atomic mass is 9.90. The minimum Gasteiger partial charge on any atom is -0.350 e. The Balaban J connectivity index is 2.11. The SMILES string of the molecule is CCC1(Cc2cc(Cl)cs2)CCC(=O)N1. The van der Waals surface area contributed by atoms with Crippen molar-refractivity contribution >= 4 is 28.8 Å². The Morgan fingerprint density at radius 1 is 1.67 bits per heavy atom. The van der Waals surface area contributed by atoms with Crippen molar-refractivity contribution in [2.24, 2.45) is 0 Å². The fourth-order valence-corrected chi connectivity index (χ4v) is 3.29. The molecule has 1 saturated heterocycles. The first kappa shape index (κ1) is 11.0. The summed E-state index contributed by atoms with van der Waals surface area (Å²) in [4.78, 5) is 12.5. The monoisotopic (exact) mass is 243 g/mol. The second kappa shape index (κ2) is 4.14. The molecule has 1 aromatic heterocycles. The molecule has 15 heavy (non-hydrogen) atoms. The molecule has 2 heterocycles. The average Bonchev–Trinajstić information content (AvgIpc) is 2.75. The van der Waals surface area contributed by atoms with Gasteiger partial charge in [0.2, 0.25) is 5.91 Å². The Morgan fingerprint density at radius 3 is 2.93 bits per heavy atom. The maximum Gasteiger partial charge on any atom is 0.220 e. The summed E-state index contributed by atoms with van der Waals surface area (Å²) in [5.41, 5.74) is -0.0226. The van der Waals surface area contributed by atoms with E-state index in [1.807, 2.05) is 11.4 Å². The fourth-order valence-electron chi connectivity index (χ4n) is 2.08. The van der Waals surface area contributed by atoms with E-state index in [1.165, 1.54) is 4.88 Å². The first-order valence-corrected chi connectivity index (χ1v) is 6.43. The molecular formula is C11H14ClNOS. The van der Waals surface area contributed by atoms with Gasteiger partial charge in [0.1, 0.15) is 0 Å². The Labute approximate surface area is 98.6 Å². The van der Waals surface area contributed by atoms with Gasteiger partial charge in [0.15, 0.2) is 0 Å². The Bertz CT molecular complexity index is 376. The molecule has 82 valence electrons. The van der Waals surface area contributed by atoms with Gasteiger partial charge in [-0.2, -0.15) is 0 Å². The topological polar surface area (TPSA) is 29.1 Å². The Kier molecular flexibility index (Phi) is 3.03. The molecule has 1 atom stereocenters. The quantitative estimate of drug-likeness (QED) is 0.869. The number of amides is 1. The lowest BCUT2D eigenvalue weighted by Crippen LogP contribution is -2.42. The van der Waals surface area contributed by atoms with Gasteiger partial charge in [0, 0.05) is 28.6 Å². The highest BCUT2D eigenvalue weighted by molar-refractivity contribution is 7.10. The summed E-state index contributed by atoms with van der Waals surface area (Å²) < 4.78 is 0. The van der Waals surface area contributed by atoms with E-state index < -0.39 is 0 Å². The van der Waals surface area contributed by atoms with E-state index in [1.54, 1.807) is 11.3 Å². The first-order valence-electron chi connectivity index (χ1n) is 5.17. The molecule has 1 unspecified atom stereocenters. The van der Waals surface area contributed by atoms with Gasteiger partial charge >= 0.3 is 0 Å². The number of halogens is 1. The van der Waals surface area contributed by atoms with Crippen molar-refractivity contribution in [2.75, 3.05) is 0 Å². The minimum absolute atomic E-state index is 0.0226. The third-order valence-electron chi connectivity index (χ3n) is 3.05. The number of nitrogens with one attached hydrogen (secondary N) is 1. The molecule has 2 nitrogen and oxygen atoms in total. The van der Waals surface area contributed by atoms with E-state index in [2.05, 4.69) is 12.2 Å². The number of rotatable bonds is 3. The minimum atomic E-state index is -0.0226. The summed E-state index contributed by atoms with van der Waals surface area (Å²) in [6.45, 7) is 2.13. The Morgan fingerprint density at radius 2 is 2.47 bits per heavy atom. The largest absolute Gasteiger partial charge is 0.350 e. The van der Waals surface area contributed by atoms with E-state index in [9.17, 15) is 4.79 Å². The van der Waals surface area contributed by atoms with Crippen LogP contribution in [0.15, 0.2) is 11.4 Å². The van der Waals surface area contributed by atoms with E-state index in [-0.39, 0.29) is 11.4 Å². The maximum atomic E-state index is 11.3. The fraction of sp³-hybridized carbons (Fsp3) is 0.545. The molecular weight excluding hydrogens is 230 g/mol. The molecule has 1 amide bonds. The number of hydrogen-bond donors (Lipinski definition) is 1. The second-order valence-electron chi connectivity index (χ2n) is 4.09. The molecule has 0 bridgehead atoms. The van der Waals surface area contributed by atoms with Crippen LogP contribution < -0.4 is 5.32 Å². The van der Waals surface area contributed by atoms with E-state index >= 15 is 0 Å². The summed E-state index contributed by atoms with van der Waals surface area (Å²) in [5, 5.41) is 5.84. The highest BCUT2D eigenvalue weighted by atomic mass is 35.5. The first-order chi connectivity index (χ1) is 7.13. The molecule has 0 saturated carbocycles. The lowest BCUT2D eigenvalue weighted by molar-refractivity contribution is -0.119. The van der Waals surface area contributed by atoms with Gasteiger partial charge in [-0.3, -0.25) is 4.79 Å². The summed E-state index contributed by atoms with van der Waals surface area (Å²) in [7, 11) is 0. The predicted octanol–water partition coefficient (Wildman–Crippen LogP) is 3.00. The maximum absolute atomic E-state index is 11.3. The van der Waals surface area contributed by atoms with Crippen LogP contribution in [0.2, 0.25) is 5.02 Å². The van der Waals surface area contributed by atoms with Gasteiger partial charge in [0.05, 0.1) is 5.02 Å². The molecule has 1 N–H and O–H groups in total. The smallest absolute Gasteiger partial charge is 0.220 e. The van der Waals surface area contributed by atoms with Crippen molar-refractivity contribution in [1.82, 2.24) is 5.32 Å². The van der Waals surface area contributed by atoms with Gasteiger partial charge in [0.25, 0.3) is 0 Å². The van der Waals surface area contributed by atoms with Crippen LogP contribution in [-0.2, 0) is 11.2 Å². The van der Waals surface area contributed by atoms with Gasteiger partial charge < -0.3 is 5.32 Å². The van der Waals surface area contributed by atoms with Crippen molar-refractivity contribution in [1.29, 1.82) is 0 Å². The van der Waals surface area contributed by atoms with Crippen LogP contribution in [0.5, 0.6) is 0 Å². The molecule has 1 fully saturated rings. The summed E-state index contributed by atoms with van der Waals surface area (Å²) in [5.74, 6) is 0.180. The number of carbonyl (C=O) groups excluding carboxylic acids is 1. The van der Waals surface area contributed by atoms with E-state index in [0.29, 0.717) is 6.42 Å². The van der Waals surface area contributed by atoms with Crippen LogP contribution in [0, 0.1) is 0 Å². The third-order valence-corrected chi connectivity index (χ3v) is 4.33. The summed E-state index contributed by atoms with van der Waals surface area (Å²) >= 11 is 7.55. The number of hydrogen-bond acceptors (Lipinski definition) is 2. The van der Waals surface area contributed by atoms with Crippen molar-refractivity contribution in [3.63, 3.8) is 0 Å². The molecule has 4 heteroatoms. The highest BCUT2D eigenvalue weighted by Crippen LogP contribution is 2.31. The van der Waals surface area contributed by atoms with Gasteiger partial charge in [-0.25, -0.2) is 0 Å². The zero-order chi connectivity index (χ0) is 10.9. The zero-order valence-corrected chi connectivity index (χ0v) is 10.3. The molecule has 0 aliphatic carbocycles.